The summed E-state index contributed by atoms with van der Waals surface area (Å²) in [6, 6.07) is 0. The fourth-order valence-corrected chi connectivity index (χ4v) is 0.792. The van der Waals surface area contributed by atoms with E-state index in [0.717, 1.165) is 0 Å². The summed E-state index contributed by atoms with van der Waals surface area (Å²) in [5.74, 6) is 0.287. The molecule has 6 heteroatoms. The molecule has 13 heavy (non-hydrogen) atoms. The monoisotopic (exact) mass is 201 g/mol. The molecule has 0 radical (unpaired) electrons. The Balaban J connectivity index is 2.72. The lowest BCUT2D eigenvalue weighted by Gasteiger charge is -2.04. The molecule has 0 amide bonds. The first kappa shape index (κ1) is 9.73. The minimum absolute atomic E-state index is 0.0464. The molecular weight excluding hydrogens is 194 g/mol. The molecule has 0 atom stereocenters. The molecule has 0 aliphatic carbocycles. The van der Waals surface area contributed by atoms with Crippen LogP contribution in [-0.4, -0.2) is 22.4 Å². The van der Waals surface area contributed by atoms with Crippen LogP contribution in [0.15, 0.2) is 6.20 Å². The van der Waals surface area contributed by atoms with Gasteiger partial charge in [-0.25, -0.2) is 4.98 Å². The first-order valence-corrected chi connectivity index (χ1v) is 3.87. The fraction of sp³-hybridized carbons (Fsp3) is 0.286. The second kappa shape index (κ2) is 4.04. The van der Waals surface area contributed by atoms with E-state index in [4.69, 9.17) is 22.1 Å². The number of nitrogens with two attached hydrogens (primary N) is 1. The van der Waals surface area contributed by atoms with E-state index < -0.39 is 0 Å². The van der Waals surface area contributed by atoms with Crippen LogP contribution in [0.1, 0.15) is 6.92 Å². The summed E-state index contributed by atoms with van der Waals surface area (Å²) in [6.45, 7) is 1.36. The highest BCUT2D eigenvalue weighted by molar-refractivity contribution is 6.28. The Morgan fingerprint density at radius 1 is 1.77 bits per heavy atom. The third-order valence-electron chi connectivity index (χ3n) is 1.18. The zero-order valence-corrected chi connectivity index (χ0v) is 7.71. The predicted molar refractivity (Wildman–Crippen MR) is 47.6 cm³/mol. The van der Waals surface area contributed by atoms with E-state index in [1.165, 1.54) is 13.1 Å². The number of nitrogen functional groups attached to an aromatic ring is 1. The van der Waals surface area contributed by atoms with Gasteiger partial charge in [0.25, 0.3) is 0 Å². The molecule has 0 fully saturated rings. The molecule has 0 bridgehead atoms. The van der Waals surface area contributed by atoms with Gasteiger partial charge in [0.05, 0.1) is 6.20 Å². The van der Waals surface area contributed by atoms with Gasteiger partial charge in [0.2, 0.25) is 5.28 Å². The van der Waals surface area contributed by atoms with Crippen LogP contribution in [0.4, 0.5) is 5.82 Å². The molecule has 0 aliphatic rings. The number of anilines is 1. The van der Waals surface area contributed by atoms with Gasteiger partial charge >= 0.3 is 0 Å². The van der Waals surface area contributed by atoms with Crippen molar-refractivity contribution in [3.63, 3.8) is 0 Å². The Labute approximate surface area is 79.9 Å². The molecule has 0 spiro atoms. The molecule has 0 unspecified atom stereocenters. The predicted octanol–water partition coefficient (Wildman–Crippen LogP) is 0.680. The van der Waals surface area contributed by atoms with Crippen LogP contribution in [-0.2, 0) is 4.79 Å². The van der Waals surface area contributed by atoms with E-state index >= 15 is 0 Å². The van der Waals surface area contributed by atoms with E-state index in [2.05, 4.69) is 9.97 Å². The maximum Gasteiger partial charge on any atom is 0.224 e. The third-order valence-corrected chi connectivity index (χ3v) is 1.37. The molecule has 5 nitrogen and oxygen atoms in total. The van der Waals surface area contributed by atoms with Crippen molar-refractivity contribution in [1.82, 2.24) is 9.97 Å². The molecule has 70 valence electrons. The zero-order valence-electron chi connectivity index (χ0n) is 6.95. The number of halogens is 1. The van der Waals surface area contributed by atoms with E-state index in [9.17, 15) is 4.79 Å². The van der Waals surface area contributed by atoms with Crippen molar-refractivity contribution in [3.8, 4) is 5.75 Å². The fourth-order valence-electron chi connectivity index (χ4n) is 0.652. The van der Waals surface area contributed by atoms with Gasteiger partial charge in [0, 0.05) is 0 Å². The van der Waals surface area contributed by atoms with Gasteiger partial charge in [0.15, 0.2) is 17.4 Å². The van der Waals surface area contributed by atoms with E-state index in [1.807, 2.05) is 0 Å². The number of aromatic nitrogens is 2. The number of hydrogen-bond donors (Lipinski definition) is 1. The van der Waals surface area contributed by atoms with Crippen molar-refractivity contribution >= 4 is 23.2 Å². The summed E-state index contributed by atoms with van der Waals surface area (Å²) >= 11 is 5.45. The summed E-state index contributed by atoms with van der Waals surface area (Å²) < 4.78 is 5.00. The largest absolute Gasteiger partial charge is 0.480 e. The van der Waals surface area contributed by atoms with Gasteiger partial charge in [-0.2, -0.15) is 4.98 Å². The van der Waals surface area contributed by atoms with Crippen molar-refractivity contribution in [3.05, 3.63) is 11.5 Å². The van der Waals surface area contributed by atoms with Gasteiger partial charge in [-0.15, -0.1) is 0 Å². The normalized spacial score (nSPS) is 9.69. The lowest BCUT2D eigenvalue weighted by molar-refractivity contribution is -0.118. The van der Waals surface area contributed by atoms with Crippen LogP contribution in [0.25, 0.3) is 0 Å². The van der Waals surface area contributed by atoms with Crippen LogP contribution in [0, 0.1) is 0 Å². The van der Waals surface area contributed by atoms with Gasteiger partial charge in [-0.3, -0.25) is 4.79 Å². The van der Waals surface area contributed by atoms with Crippen LogP contribution >= 0.6 is 11.6 Å². The van der Waals surface area contributed by atoms with Crippen molar-refractivity contribution in [2.45, 2.75) is 6.92 Å². The van der Waals surface area contributed by atoms with E-state index in [0.29, 0.717) is 0 Å². The van der Waals surface area contributed by atoms with Gasteiger partial charge < -0.3 is 10.5 Å². The lowest BCUT2D eigenvalue weighted by atomic mass is 10.5. The number of carbonyl (C=O) groups excluding carboxylic acids is 1. The van der Waals surface area contributed by atoms with Gasteiger partial charge in [0.1, 0.15) is 6.61 Å². The smallest absolute Gasteiger partial charge is 0.224 e. The van der Waals surface area contributed by atoms with Gasteiger partial charge in [-0.05, 0) is 18.5 Å². The third kappa shape index (κ3) is 2.87. The highest BCUT2D eigenvalue weighted by atomic mass is 35.5. The van der Waals surface area contributed by atoms with Crippen LogP contribution in [0.3, 0.4) is 0 Å². The van der Waals surface area contributed by atoms with Crippen LogP contribution < -0.4 is 10.5 Å². The van der Waals surface area contributed by atoms with E-state index in [-0.39, 0.29) is 29.2 Å². The SMILES string of the molecule is CC(=O)COc1cnc(Cl)nc1N. The maximum absolute atomic E-state index is 10.6. The Morgan fingerprint density at radius 2 is 2.46 bits per heavy atom. The minimum atomic E-state index is -0.102. The lowest BCUT2D eigenvalue weighted by Crippen LogP contribution is -2.09. The number of ketones is 1. The summed E-state index contributed by atoms with van der Waals surface area (Å²) in [5.41, 5.74) is 5.44. The number of Topliss-reactive ketones (excluding diaryl/α,β-unsaturated/α-hetero) is 1. The first-order valence-electron chi connectivity index (χ1n) is 3.50. The van der Waals surface area contributed by atoms with Crippen molar-refractivity contribution in [1.29, 1.82) is 0 Å². The van der Waals surface area contributed by atoms with Crippen molar-refractivity contribution < 1.29 is 9.53 Å². The Kier molecular flexibility index (Phi) is 3.02. The molecular formula is C7H8ClN3O2. The second-order valence-electron chi connectivity index (χ2n) is 2.38. The molecule has 0 aliphatic heterocycles. The van der Waals surface area contributed by atoms with Gasteiger partial charge in [-0.1, -0.05) is 0 Å². The molecule has 0 saturated carbocycles. The molecule has 0 saturated heterocycles. The highest BCUT2D eigenvalue weighted by Gasteiger charge is 2.04. The molecule has 2 N–H and O–H groups in total. The Morgan fingerprint density at radius 3 is 3.00 bits per heavy atom. The maximum atomic E-state index is 10.6. The number of nitrogens with zero attached hydrogens (tertiary/aromatic N) is 2. The molecule has 1 aromatic rings. The van der Waals surface area contributed by atoms with Crippen LogP contribution in [0.5, 0.6) is 5.75 Å². The standard InChI is InChI=1S/C7H8ClN3O2/c1-4(12)3-13-5-2-10-7(8)11-6(5)9/h2H,3H2,1H3,(H2,9,10,11). The zero-order chi connectivity index (χ0) is 9.84. The minimum Gasteiger partial charge on any atom is -0.480 e. The summed E-state index contributed by atoms with van der Waals surface area (Å²) in [6.07, 6.45) is 1.33. The Hall–Kier alpha value is -1.36. The summed E-state index contributed by atoms with van der Waals surface area (Å²) in [5, 5.41) is 0.0488. The summed E-state index contributed by atoms with van der Waals surface area (Å²) in [4.78, 5) is 17.9. The first-order chi connectivity index (χ1) is 6.09. The number of rotatable bonds is 3. The summed E-state index contributed by atoms with van der Waals surface area (Å²) in [7, 11) is 0. The van der Waals surface area contributed by atoms with Crippen molar-refractivity contribution in [2.24, 2.45) is 0 Å². The van der Waals surface area contributed by atoms with Crippen molar-refractivity contribution in [2.75, 3.05) is 12.3 Å². The quantitative estimate of drug-likeness (QED) is 0.728. The number of carbonyl (C=O) groups is 1. The van der Waals surface area contributed by atoms with Crippen LogP contribution in [0.2, 0.25) is 5.28 Å². The molecule has 1 aromatic heterocycles. The number of ether oxygens (including phenoxy) is 1. The van der Waals surface area contributed by atoms with E-state index in [1.54, 1.807) is 0 Å². The molecule has 1 rings (SSSR count). The average Bonchev–Trinajstić information content (AvgIpc) is 2.02. The Bertz CT molecular complexity index is 330. The average molecular weight is 202 g/mol. The second-order valence-corrected chi connectivity index (χ2v) is 2.72. The molecule has 1 heterocycles. The highest BCUT2D eigenvalue weighted by Crippen LogP contribution is 2.18. The topological polar surface area (TPSA) is 78.1 Å². The number of hydrogen-bond acceptors (Lipinski definition) is 5. The molecule has 0 aromatic carbocycles.